The molecule has 2 N–H and O–H groups in total. The number of pyridine rings is 1. The summed E-state index contributed by atoms with van der Waals surface area (Å²) < 4.78 is 7.34. The first-order valence-corrected chi connectivity index (χ1v) is 7.56. The number of nitrogens with two attached hydrogens (primary N) is 1. The molecule has 2 aromatic rings. The van der Waals surface area contributed by atoms with Gasteiger partial charge in [0.2, 0.25) is 0 Å². The molecule has 1 aliphatic rings. The predicted molar refractivity (Wildman–Crippen MR) is 81.3 cm³/mol. The fourth-order valence-corrected chi connectivity index (χ4v) is 3.45. The van der Waals surface area contributed by atoms with Gasteiger partial charge in [-0.05, 0) is 55.1 Å². The number of hydrogen-bond donors (Lipinski definition) is 1. The number of halogens is 2. The Morgan fingerprint density at radius 2 is 2.11 bits per heavy atom. The molecule has 2 heterocycles. The largest absolute Gasteiger partial charge is 0.493 e. The molecule has 0 amide bonds. The molecule has 1 aromatic heterocycles. The zero-order valence-electron chi connectivity index (χ0n) is 10.1. The smallest absolute Gasteiger partial charge is 0.122 e. The topological polar surface area (TPSA) is 48.1 Å². The molecule has 0 bridgehead atoms. The second-order valence-electron chi connectivity index (χ2n) is 4.46. The summed E-state index contributed by atoms with van der Waals surface area (Å²) in [5.74, 6) is 0.971. The molecule has 0 aliphatic carbocycles. The molecule has 19 heavy (non-hydrogen) atoms. The van der Waals surface area contributed by atoms with Crippen LogP contribution in [0.2, 0.25) is 0 Å². The summed E-state index contributed by atoms with van der Waals surface area (Å²) in [6.45, 7) is 0.758. The SMILES string of the molecule is NC(c1ccc2c(c1)CCO2)c1ncc(Br)cc1Br. The van der Waals surface area contributed by atoms with E-state index in [9.17, 15) is 0 Å². The van der Waals surface area contributed by atoms with Crippen LogP contribution in [0.25, 0.3) is 0 Å². The van der Waals surface area contributed by atoms with Crippen molar-refractivity contribution in [3.05, 3.63) is 56.2 Å². The fraction of sp³-hybridized carbons (Fsp3) is 0.214. The lowest BCUT2D eigenvalue weighted by Gasteiger charge is -2.14. The van der Waals surface area contributed by atoms with Crippen LogP contribution in [0.4, 0.5) is 0 Å². The molecule has 3 rings (SSSR count). The molecule has 5 heteroatoms. The predicted octanol–water partition coefficient (Wildman–Crippen LogP) is 3.59. The minimum absolute atomic E-state index is 0.242. The van der Waals surface area contributed by atoms with Crippen molar-refractivity contribution in [2.24, 2.45) is 5.73 Å². The van der Waals surface area contributed by atoms with Crippen LogP contribution in [0, 0.1) is 0 Å². The van der Waals surface area contributed by atoms with Crippen LogP contribution in [-0.2, 0) is 6.42 Å². The molecule has 0 saturated carbocycles. The minimum atomic E-state index is -0.242. The lowest BCUT2D eigenvalue weighted by atomic mass is 10.0. The Bertz CT molecular complexity index is 631. The summed E-state index contributed by atoms with van der Waals surface area (Å²) in [7, 11) is 0. The van der Waals surface area contributed by atoms with Crippen molar-refractivity contribution in [1.29, 1.82) is 0 Å². The highest BCUT2D eigenvalue weighted by molar-refractivity contribution is 9.11. The first kappa shape index (κ1) is 13.1. The average molecular weight is 384 g/mol. The third kappa shape index (κ3) is 2.55. The van der Waals surface area contributed by atoms with E-state index in [1.165, 1.54) is 5.56 Å². The lowest BCUT2D eigenvalue weighted by Crippen LogP contribution is -2.14. The van der Waals surface area contributed by atoms with E-state index in [0.29, 0.717) is 0 Å². The second kappa shape index (κ2) is 5.23. The first-order chi connectivity index (χ1) is 9.15. The van der Waals surface area contributed by atoms with E-state index < -0.39 is 0 Å². The van der Waals surface area contributed by atoms with Crippen molar-refractivity contribution in [2.45, 2.75) is 12.5 Å². The van der Waals surface area contributed by atoms with Crippen molar-refractivity contribution in [3.63, 3.8) is 0 Å². The van der Waals surface area contributed by atoms with E-state index in [0.717, 1.165) is 39.0 Å². The van der Waals surface area contributed by atoms with Gasteiger partial charge >= 0.3 is 0 Å². The molecule has 1 aliphatic heterocycles. The average Bonchev–Trinajstić information content (AvgIpc) is 2.85. The summed E-state index contributed by atoms with van der Waals surface area (Å²) in [5.41, 5.74) is 9.43. The van der Waals surface area contributed by atoms with Crippen LogP contribution in [0.1, 0.15) is 22.9 Å². The third-order valence-electron chi connectivity index (χ3n) is 3.20. The van der Waals surface area contributed by atoms with Crippen molar-refractivity contribution < 1.29 is 4.74 Å². The normalized spacial score (nSPS) is 14.9. The summed E-state index contributed by atoms with van der Waals surface area (Å²) in [6.07, 6.45) is 2.71. The van der Waals surface area contributed by atoms with Gasteiger partial charge in [-0.15, -0.1) is 0 Å². The maximum atomic E-state index is 6.31. The van der Waals surface area contributed by atoms with Crippen molar-refractivity contribution in [3.8, 4) is 5.75 Å². The van der Waals surface area contributed by atoms with E-state index >= 15 is 0 Å². The number of aromatic nitrogens is 1. The van der Waals surface area contributed by atoms with E-state index in [2.05, 4.69) is 42.9 Å². The van der Waals surface area contributed by atoms with Crippen LogP contribution < -0.4 is 10.5 Å². The van der Waals surface area contributed by atoms with Gasteiger partial charge in [0, 0.05) is 21.6 Å². The molecular formula is C14H12Br2N2O. The van der Waals surface area contributed by atoms with Gasteiger partial charge in [0.1, 0.15) is 5.75 Å². The number of benzene rings is 1. The highest BCUT2D eigenvalue weighted by atomic mass is 79.9. The third-order valence-corrected chi connectivity index (χ3v) is 4.27. The summed E-state index contributed by atoms with van der Waals surface area (Å²) >= 11 is 6.90. The Balaban J connectivity index is 1.97. The Labute approximate surface area is 128 Å². The number of nitrogens with zero attached hydrogens (tertiary/aromatic N) is 1. The zero-order valence-corrected chi connectivity index (χ0v) is 13.2. The maximum absolute atomic E-state index is 6.31. The monoisotopic (exact) mass is 382 g/mol. The Kier molecular flexibility index (Phi) is 3.60. The zero-order chi connectivity index (χ0) is 13.4. The van der Waals surface area contributed by atoms with Crippen molar-refractivity contribution in [1.82, 2.24) is 4.98 Å². The van der Waals surface area contributed by atoms with Gasteiger partial charge in [-0.25, -0.2) is 0 Å². The number of fused-ring (bicyclic) bond motifs is 1. The second-order valence-corrected chi connectivity index (χ2v) is 6.23. The van der Waals surface area contributed by atoms with E-state index in [-0.39, 0.29) is 6.04 Å². The highest BCUT2D eigenvalue weighted by Crippen LogP contribution is 2.31. The van der Waals surface area contributed by atoms with Crippen LogP contribution in [0.15, 0.2) is 39.4 Å². The molecule has 1 aromatic carbocycles. The van der Waals surface area contributed by atoms with Gasteiger partial charge in [0.25, 0.3) is 0 Å². The van der Waals surface area contributed by atoms with Gasteiger partial charge in [0.05, 0.1) is 18.3 Å². The molecule has 1 atom stereocenters. The maximum Gasteiger partial charge on any atom is 0.122 e. The van der Waals surface area contributed by atoms with Gasteiger partial charge < -0.3 is 10.5 Å². The number of rotatable bonds is 2. The molecule has 0 spiro atoms. The standard InChI is InChI=1S/C14H12Br2N2O/c15-10-6-11(16)14(18-7-10)13(17)9-1-2-12-8(5-9)3-4-19-12/h1-2,5-7,13H,3-4,17H2. The van der Waals surface area contributed by atoms with Gasteiger partial charge in [-0.1, -0.05) is 12.1 Å². The Morgan fingerprint density at radius 1 is 1.26 bits per heavy atom. The molecule has 0 fully saturated rings. The Hall–Kier alpha value is -0.910. The van der Waals surface area contributed by atoms with Gasteiger partial charge in [0.15, 0.2) is 0 Å². The fourth-order valence-electron chi connectivity index (χ4n) is 2.21. The van der Waals surface area contributed by atoms with Crippen molar-refractivity contribution in [2.75, 3.05) is 6.61 Å². The van der Waals surface area contributed by atoms with Crippen LogP contribution in [-0.4, -0.2) is 11.6 Å². The van der Waals surface area contributed by atoms with E-state index in [4.69, 9.17) is 10.5 Å². The molecule has 0 radical (unpaired) electrons. The van der Waals surface area contributed by atoms with Crippen LogP contribution in [0.3, 0.4) is 0 Å². The van der Waals surface area contributed by atoms with E-state index in [1.807, 2.05) is 18.2 Å². The minimum Gasteiger partial charge on any atom is -0.493 e. The van der Waals surface area contributed by atoms with Crippen molar-refractivity contribution >= 4 is 31.9 Å². The molecule has 1 unspecified atom stereocenters. The molecule has 98 valence electrons. The summed E-state index contributed by atoms with van der Waals surface area (Å²) in [6, 6.07) is 7.82. The summed E-state index contributed by atoms with van der Waals surface area (Å²) in [5, 5.41) is 0. The quantitative estimate of drug-likeness (QED) is 0.861. The van der Waals surface area contributed by atoms with Gasteiger partial charge in [-0.3, -0.25) is 4.98 Å². The highest BCUT2D eigenvalue weighted by Gasteiger charge is 2.18. The lowest BCUT2D eigenvalue weighted by molar-refractivity contribution is 0.357. The molecule has 3 nitrogen and oxygen atoms in total. The van der Waals surface area contributed by atoms with E-state index in [1.54, 1.807) is 6.20 Å². The molecule has 0 saturated heterocycles. The summed E-state index contributed by atoms with van der Waals surface area (Å²) in [4.78, 5) is 4.40. The Morgan fingerprint density at radius 3 is 2.89 bits per heavy atom. The number of hydrogen-bond acceptors (Lipinski definition) is 3. The van der Waals surface area contributed by atoms with Crippen LogP contribution in [0.5, 0.6) is 5.75 Å². The van der Waals surface area contributed by atoms with Crippen LogP contribution >= 0.6 is 31.9 Å². The van der Waals surface area contributed by atoms with Gasteiger partial charge in [-0.2, -0.15) is 0 Å². The number of ether oxygens (including phenoxy) is 1. The first-order valence-electron chi connectivity index (χ1n) is 5.97. The molecular weight excluding hydrogens is 372 g/mol.